The molecular weight excluding hydrogens is 355 g/mol. The van der Waals surface area contributed by atoms with Gasteiger partial charge in [0.15, 0.2) is 0 Å². The predicted octanol–water partition coefficient (Wildman–Crippen LogP) is 3.10. The number of halogens is 1. The molecule has 1 saturated heterocycles. The van der Waals surface area contributed by atoms with Crippen LogP contribution >= 0.6 is 0 Å². The Morgan fingerprint density at radius 1 is 0.964 bits per heavy atom. The van der Waals surface area contributed by atoms with E-state index in [4.69, 9.17) is 0 Å². The summed E-state index contributed by atoms with van der Waals surface area (Å²) in [4.78, 5) is 21.7. The first-order valence-electron chi connectivity index (χ1n) is 9.54. The topological polar surface area (TPSA) is 41.4 Å². The lowest BCUT2D eigenvalue weighted by atomic mass is 10.1. The van der Waals surface area contributed by atoms with E-state index in [0.29, 0.717) is 24.3 Å². The van der Waals surface area contributed by atoms with E-state index in [1.165, 1.54) is 6.07 Å². The van der Waals surface area contributed by atoms with Gasteiger partial charge in [0, 0.05) is 37.6 Å². The van der Waals surface area contributed by atoms with Crippen molar-refractivity contribution in [3.8, 4) is 0 Å². The molecule has 4 heterocycles. The number of aromatic nitrogens is 2. The van der Waals surface area contributed by atoms with Gasteiger partial charge in [-0.2, -0.15) is 0 Å². The molecule has 0 spiro atoms. The SMILES string of the molecule is O=C1c2cccn2[C@@H]2CN(Cc3ccccc3F)C[C@@H]2N1Cc1ccccn1. The number of benzene rings is 1. The average Bonchev–Trinajstić information content (AvgIpc) is 3.35. The van der Waals surface area contributed by atoms with Crippen LogP contribution in [0.2, 0.25) is 0 Å². The Balaban J connectivity index is 1.44. The number of carbonyl (C=O) groups is 1. The summed E-state index contributed by atoms with van der Waals surface area (Å²) < 4.78 is 16.2. The fourth-order valence-electron chi connectivity index (χ4n) is 4.44. The van der Waals surface area contributed by atoms with Crippen LogP contribution in [0.5, 0.6) is 0 Å². The summed E-state index contributed by atoms with van der Waals surface area (Å²) >= 11 is 0. The molecule has 1 amide bonds. The minimum atomic E-state index is -0.180. The summed E-state index contributed by atoms with van der Waals surface area (Å²) in [5.41, 5.74) is 2.28. The van der Waals surface area contributed by atoms with Gasteiger partial charge in [-0.1, -0.05) is 24.3 Å². The highest BCUT2D eigenvalue weighted by Gasteiger charge is 2.45. The molecule has 0 aliphatic carbocycles. The number of amides is 1. The highest BCUT2D eigenvalue weighted by atomic mass is 19.1. The van der Waals surface area contributed by atoms with Gasteiger partial charge in [0.1, 0.15) is 11.5 Å². The molecule has 5 nitrogen and oxygen atoms in total. The van der Waals surface area contributed by atoms with Crippen LogP contribution in [0.1, 0.15) is 27.8 Å². The van der Waals surface area contributed by atoms with Crippen molar-refractivity contribution < 1.29 is 9.18 Å². The predicted molar refractivity (Wildman–Crippen MR) is 103 cm³/mol. The second-order valence-electron chi connectivity index (χ2n) is 7.48. The third-order valence-corrected chi connectivity index (χ3v) is 5.76. The molecule has 142 valence electrons. The minimum Gasteiger partial charge on any atom is -0.337 e. The van der Waals surface area contributed by atoms with Gasteiger partial charge in [-0.05, 0) is 30.3 Å². The molecule has 0 unspecified atom stereocenters. The van der Waals surface area contributed by atoms with E-state index in [0.717, 1.165) is 18.8 Å². The van der Waals surface area contributed by atoms with Crippen LogP contribution in [0.15, 0.2) is 67.0 Å². The summed E-state index contributed by atoms with van der Waals surface area (Å²) in [5, 5.41) is 0. The Hall–Kier alpha value is -2.99. The number of nitrogens with zero attached hydrogens (tertiary/aromatic N) is 4. The lowest BCUT2D eigenvalue weighted by molar-refractivity contribution is 0.0553. The third kappa shape index (κ3) is 2.90. The van der Waals surface area contributed by atoms with Gasteiger partial charge >= 0.3 is 0 Å². The fourth-order valence-corrected chi connectivity index (χ4v) is 4.44. The number of likely N-dealkylation sites (tertiary alicyclic amines) is 1. The van der Waals surface area contributed by atoms with Crippen molar-refractivity contribution in [1.29, 1.82) is 0 Å². The first kappa shape index (κ1) is 17.1. The quantitative estimate of drug-likeness (QED) is 0.703. The van der Waals surface area contributed by atoms with Crippen molar-refractivity contribution in [3.05, 3.63) is 89.8 Å². The Morgan fingerprint density at radius 2 is 1.79 bits per heavy atom. The minimum absolute atomic E-state index is 0.0321. The second kappa shape index (κ2) is 6.87. The molecule has 1 aromatic carbocycles. The Labute approximate surface area is 163 Å². The first-order chi connectivity index (χ1) is 13.7. The zero-order chi connectivity index (χ0) is 19.1. The first-order valence-corrected chi connectivity index (χ1v) is 9.54. The number of hydrogen-bond donors (Lipinski definition) is 0. The van der Waals surface area contributed by atoms with Crippen molar-refractivity contribution in [1.82, 2.24) is 19.4 Å². The van der Waals surface area contributed by atoms with E-state index >= 15 is 0 Å². The Kier molecular flexibility index (Phi) is 4.20. The third-order valence-electron chi connectivity index (χ3n) is 5.76. The van der Waals surface area contributed by atoms with Gasteiger partial charge in [-0.25, -0.2) is 4.39 Å². The van der Waals surface area contributed by atoms with Gasteiger partial charge in [0.2, 0.25) is 0 Å². The van der Waals surface area contributed by atoms with E-state index in [1.807, 2.05) is 53.6 Å². The van der Waals surface area contributed by atoms with Gasteiger partial charge < -0.3 is 9.47 Å². The number of rotatable bonds is 4. The van der Waals surface area contributed by atoms with Crippen molar-refractivity contribution in [3.63, 3.8) is 0 Å². The lowest BCUT2D eigenvalue weighted by Crippen LogP contribution is -2.49. The lowest BCUT2D eigenvalue weighted by Gasteiger charge is -2.38. The zero-order valence-electron chi connectivity index (χ0n) is 15.4. The summed E-state index contributed by atoms with van der Waals surface area (Å²) in [6.45, 7) is 2.53. The molecule has 0 N–H and O–H groups in total. The molecule has 0 radical (unpaired) electrons. The summed E-state index contributed by atoms with van der Waals surface area (Å²) in [6, 6.07) is 16.7. The van der Waals surface area contributed by atoms with Crippen LogP contribution in [-0.2, 0) is 13.1 Å². The summed E-state index contributed by atoms with van der Waals surface area (Å²) in [6.07, 6.45) is 3.73. The van der Waals surface area contributed by atoms with Crippen molar-refractivity contribution in [2.75, 3.05) is 13.1 Å². The molecule has 2 aliphatic heterocycles. The fraction of sp³-hybridized carbons (Fsp3) is 0.273. The van der Waals surface area contributed by atoms with Crippen LogP contribution < -0.4 is 0 Å². The van der Waals surface area contributed by atoms with Gasteiger partial charge in [0.25, 0.3) is 5.91 Å². The summed E-state index contributed by atoms with van der Waals surface area (Å²) in [5.74, 6) is -0.148. The molecule has 6 heteroatoms. The second-order valence-corrected chi connectivity index (χ2v) is 7.48. The number of hydrogen-bond acceptors (Lipinski definition) is 3. The summed E-state index contributed by atoms with van der Waals surface area (Å²) in [7, 11) is 0. The molecule has 3 aromatic rings. The number of fused-ring (bicyclic) bond motifs is 3. The molecule has 2 aromatic heterocycles. The van der Waals surface area contributed by atoms with E-state index in [-0.39, 0.29) is 23.8 Å². The van der Waals surface area contributed by atoms with E-state index < -0.39 is 0 Å². The van der Waals surface area contributed by atoms with Gasteiger partial charge in [-0.3, -0.25) is 14.7 Å². The highest BCUT2D eigenvalue weighted by Crippen LogP contribution is 2.35. The smallest absolute Gasteiger partial charge is 0.271 e. The molecular formula is C22H21FN4O. The van der Waals surface area contributed by atoms with Gasteiger partial charge in [0.05, 0.1) is 24.3 Å². The maximum absolute atomic E-state index is 14.1. The average molecular weight is 376 g/mol. The maximum atomic E-state index is 14.1. The van der Waals surface area contributed by atoms with Crippen molar-refractivity contribution in [2.24, 2.45) is 0 Å². The molecule has 2 atom stereocenters. The normalized spacial score (nSPS) is 21.6. The molecule has 0 bridgehead atoms. The van der Waals surface area contributed by atoms with E-state index in [1.54, 1.807) is 12.3 Å². The molecule has 28 heavy (non-hydrogen) atoms. The molecule has 1 fully saturated rings. The Morgan fingerprint density at radius 3 is 2.61 bits per heavy atom. The van der Waals surface area contributed by atoms with Crippen LogP contribution in [0.25, 0.3) is 0 Å². The monoisotopic (exact) mass is 376 g/mol. The highest BCUT2D eigenvalue weighted by molar-refractivity contribution is 5.94. The molecule has 0 saturated carbocycles. The van der Waals surface area contributed by atoms with Crippen LogP contribution in [0.3, 0.4) is 0 Å². The van der Waals surface area contributed by atoms with Gasteiger partial charge in [-0.15, -0.1) is 0 Å². The van der Waals surface area contributed by atoms with Crippen LogP contribution in [0.4, 0.5) is 4.39 Å². The molecule has 5 rings (SSSR count). The van der Waals surface area contributed by atoms with Crippen LogP contribution in [-0.4, -0.2) is 44.4 Å². The Bertz CT molecular complexity index is 1000. The van der Waals surface area contributed by atoms with Crippen LogP contribution in [0, 0.1) is 5.82 Å². The standard InChI is InChI=1S/C22H21FN4O/c23-18-8-2-1-6-16(18)12-25-14-20-21(15-25)27(13-17-7-3-4-10-24-17)22(28)19-9-5-11-26(19)20/h1-11,20-21H,12-15H2/t20-,21+/m1/s1. The largest absolute Gasteiger partial charge is 0.337 e. The van der Waals surface area contributed by atoms with Crippen molar-refractivity contribution >= 4 is 5.91 Å². The van der Waals surface area contributed by atoms with E-state index in [9.17, 15) is 9.18 Å². The molecule has 2 aliphatic rings. The maximum Gasteiger partial charge on any atom is 0.271 e. The number of pyridine rings is 1. The van der Waals surface area contributed by atoms with E-state index in [2.05, 4.69) is 14.5 Å². The number of carbonyl (C=O) groups excluding carboxylic acids is 1. The van der Waals surface area contributed by atoms with Crippen molar-refractivity contribution in [2.45, 2.75) is 25.2 Å². The zero-order valence-corrected chi connectivity index (χ0v) is 15.4.